The van der Waals surface area contributed by atoms with Crippen molar-refractivity contribution in [3.05, 3.63) is 0 Å². The first-order chi connectivity index (χ1) is 11.7. The van der Waals surface area contributed by atoms with E-state index in [1.54, 1.807) is 0 Å². The van der Waals surface area contributed by atoms with E-state index in [0.717, 1.165) is 6.42 Å². The van der Waals surface area contributed by atoms with E-state index in [1.807, 2.05) is 27.7 Å². The molecule has 0 aliphatic carbocycles. The number of hydrogen-bond acceptors (Lipinski definition) is 4. The summed E-state index contributed by atoms with van der Waals surface area (Å²) in [6.07, 6.45) is 1.13. The minimum Gasteiger partial charge on any atom is -0.444 e. The van der Waals surface area contributed by atoms with Crippen molar-refractivity contribution in [3.8, 4) is 11.8 Å². The molecule has 6 heteroatoms. The van der Waals surface area contributed by atoms with Crippen LogP contribution in [0.5, 0.6) is 0 Å². The standard InChI is InChI=1S/C20H37NO4Si/c1-10-16(21-18(23)25-19(2,3)4)13-14-17(22)12-11-15-24-26(8,9)20(5,6)7/h16H,10,13-15H2,1-9H3,(H,21,23)/t16-/m1/s1. The largest absolute Gasteiger partial charge is 0.444 e. The molecule has 26 heavy (non-hydrogen) atoms. The highest BCUT2D eigenvalue weighted by Gasteiger charge is 2.36. The molecule has 0 saturated carbocycles. The van der Waals surface area contributed by atoms with Gasteiger partial charge in [0.25, 0.3) is 0 Å². The molecule has 0 saturated heterocycles. The quantitative estimate of drug-likeness (QED) is 0.394. The molecule has 0 aliphatic rings. The fraction of sp³-hybridized carbons (Fsp3) is 0.800. The molecule has 1 atom stereocenters. The van der Waals surface area contributed by atoms with E-state index < -0.39 is 20.0 Å². The molecule has 0 aliphatic heterocycles. The zero-order valence-electron chi connectivity index (χ0n) is 18.0. The molecule has 0 heterocycles. The number of ketones is 1. The van der Waals surface area contributed by atoms with Gasteiger partial charge in [-0.05, 0) is 57.7 Å². The number of carbonyl (C=O) groups is 2. The second-order valence-electron chi connectivity index (χ2n) is 9.06. The summed E-state index contributed by atoms with van der Waals surface area (Å²) in [4.78, 5) is 23.7. The normalized spacial score (nSPS) is 13.4. The smallest absolute Gasteiger partial charge is 0.407 e. The van der Waals surface area contributed by atoms with Gasteiger partial charge >= 0.3 is 6.09 Å². The first-order valence-corrected chi connectivity index (χ1v) is 12.2. The maximum absolute atomic E-state index is 11.9. The molecular formula is C20H37NO4Si. The fourth-order valence-electron chi connectivity index (χ4n) is 1.79. The van der Waals surface area contributed by atoms with E-state index in [0.29, 0.717) is 12.8 Å². The van der Waals surface area contributed by atoms with Crippen molar-refractivity contribution in [1.82, 2.24) is 5.32 Å². The monoisotopic (exact) mass is 383 g/mol. The van der Waals surface area contributed by atoms with Crippen molar-refractivity contribution in [3.63, 3.8) is 0 Å². The van der Waals surface area contributed by atoms with Gasteiger partial charge in [0.1, 0.15) is 5.60 Å². The van der Waals surface area contributed by atoms with E-state index in [2.05, 4.69) is 51.0 Å². The summed E-state index contributed by atoms with van der Waals surface area (Å²) < 4.78 is 11.2. The van der Waals surface area contributed by atoms with Crippen molar-refractivity contribution in [1.29, 1.82) is 0 Å². The Hall–Kier alpha value is -1.32. The number of alkyl carbamates (subject to hydrolysis) is 1. The highest BCUT2D eigenvalue weighted by molar-refractivity contribution is 6.74. The van der Waals surface area contributed by atoms with Crippen LogP contribution >= 0.6 is 0 Å². The van der Waals surface area contributed by atoms with E-state index in [9.17, 15) is 9.59 Å². The summed E-state index contributed by atoms with van der Waals surface area (Å²) in [6, 6.07) is -0.0981. The molecule has 0 spiro atoms. The van der Waals surface area contributed by atoms with Gasteiger partial charge < -0.3 is 14.5 Å². The van der Waals surface area contributed by atoms with Crippen LogP contribution in [0, 0.1) is 11.8 Å². The Morgan fingerprint density at radius 2 is 1.69 bits per heavy atom. The van der Waals surface area contributed by atoms with Gasteiger partial charge in [0, 0.05) is 12.5 Å². The van der Waals surface area contributed by atoms with Crippen molar-refractivity contribution < 1.29 is 18.8 Å². The number of nitrogens with one attached hydrogen (secondary N) is 1. The van der Waals surface area contributed by atoms with Gasteiger partial charge in [-0.15, -0.1) is 0 Å². The van der Waals surface area contributed by atoms with Crippen LogP contribution < -0.4 is 5.32 Å². The van der Waals surface area contributed by atoms with Gasteiger partial charge in [0.2, 0.25) is 5.78 Å². The van der Waals surface area contributed by atoms with Gasteiger partial charge in [-0.1, -0.05) is 33.6 Å². The van der Waals surface area contributed by atoms with Gasteiger partial charge in [0.15, 0.2) is 8.32 Å². The first-order valence-electron chi connectivity index (χ1n) is 9.33. The van der Waals surface area contributed by atoms with Crippen LogP contribution in [0.1, 0.15) is 67.7 Å². The molecule has 5 nitrogen and oxygen atoms in total. The Morgan fingerprint density at radius 1 is 1.12 bits per heavy atom. The first kappa shape index (κ1) is 24.7. The maximum Gasteiger partial charge on any atom is 0.407 e. The number of hydrogen-bond donors (Lipinski definition) is 1. The molecule has 0 aromatic heterocycles. The number of amides is 1. The van der Waals surface area contributed by atoms with E-state index in [-0.39, 0.29) is 23.5 Å². The molecule has 0 fully saturated rings. The van der Waals surface area contributed by atoms with E-state index in [4.69, 9.17) is 9.16 Å². The Labute approximate surface area is 160 Å². The number of Topliss-reactive ketones (excluding diaryl/α,β-unsaturated/α-hetero) is 1. The minimum absolute atomic E-state index is 0.0981. The highest BCUT2D eigenvalue weighted by atomic mass is 28.4. The zero-order chi connectivity index (χ0) is 20.6. The average molecular weight is 384 g/mol. The molecule has 0 bridgehead atoms. The van der Waals surface area contributed by atoms with Crippen LogP contribution in [0.2, 0.25) is 18.1 Å². The summed E-state index contributed by atoms with van der Waals surface area (Å²) in [5.74, 6) is 5.34. The van der Waals surface area contributed by atoms with Gasteiger partial charge in [-0.2, -0.15) is 0 Å². The average Bonchev–Trinajstić information content (AvgIpc) is 2.44. The Balaban J connectivity index is 4.34. The van der Waals surface area contributed by atoms with Crippen LogP contribution in [-0.2, 0) is 14.0 Å². The highest BCUT2D eigenvalue weighted by Crippen LogP contribution is 2.36. The Bertz CT molecular complexity index is 533. The summed E-state index contributed by atoms with van der Waals surface area (Å²) in [7, 11) is -1.83. The van der Waals surface area contributed by atoms with Crippen molar-refractivity contribution in [2.45, 2.75) is 97.5 Å². The minimum atomic E-state index is -1.83. The van der Waals surface area contributed by atoms with Crippen LogP contribution in [-0.4, -0.2) is 38.4 Å². The van der Waals surface area contributed by atoms with Gasteiger partial charge in [-0.3, -0.25) is 4.79 Å². The van der Waals surface area contributed by atoms with Crippen molar-refractivity contribution >= 4 is 20.2 Å². The molecule has 1 N–H and O–H groups in total. The van der Waals surface area contributed by atoms with E-state index >= 15 is 0 Å². The SMILES string of the molecule is CC[C@H](CCC(=O)C#CCO[Si](C)(C)C(C)(C)C)NC(=O)OC(C)(C)C. The lowest BCUT2D eigenvalue weighted by atomic mass is 10.1. The lowest BCUT2D eigenvalue weighted by Gasteiger charge is -2.35. The van der Waals surface area contributed by atoms with Crippen LogP contribution in [0.15, 0.2) is 0 Å². The third-order valence-corrected chi connectivity index (χ3v) is 8.95. The van der Waals surface area contributed by atoms with Crippen LogP contribution in [0.25, 0.3) is 0 Å². The second kappa shape index (κ2) is 10.1. The fourth-order valence-corrected chi connectivity index (χ4v) is 2.65. The summed E-state index contributed by atoms with van der Waals surface area (Å²) in [5, 5.41) is 2.93. The lowest BCUT2D eigenvalue weighted by Crippen LogP contribution is -2.40. The third kappa shape index (κ3) is 10.6. The molecule has 0 aromatic carbocycles. The maximum atomic E-state index is 11.9. The van der Waals surface area contributed by atoms with Gasteiger partial charge in [0.05, 0.1) is 6.61 Å². The molecule has 0 rings (SSSR count). The summed E-state index contributed by atoms with van der Waals surface area (Å²) >= 11 is 0. The molecule has 0 aromatic rings. The number of rotatable bonds is 7. The summed E-state index contributed by atoms with van der Waals surface area (Å²) in [6.45, 7) is 18.5. The molecule has 1 amide bonds. The molecule has 0 radical (unpaired) electrons. The molecular weight excluding hydrogens is 346 g/mol. The van der Waals surface area contributed by atoms with Crippen LogP contribution in [0.3, 0.4) is 0 Å². The van der Waals surface area contributed by atoms with Crippen molar-refractivity contribution in [2.75, 3.05) is 6.61 Å². The molecule has 0 unspecified atom stereocenters. The zero-order valence-corrected chi connectivity index (χ0v) is 19.0. The number of carbonyl (C=O) groups excluding carboxylic acids is 2. The van der Waals surface area contributed by atoms with Gasteiger partial charge in [-0.25, -0.2) is 4.79 Å². The predicted molar refractivity (Wildman–Crippen MR) is 109 cm³/mol. The molecule has 150 valence electrons. The number of ether oxygens (including phenoxy) is 1. The lowest BCUT2D eigenvalue weighted by molar-refractivity contribution is -0.114. The van der Waals surface area contributed by atoms with Crippen LogP contribution in [0.4, 0.5) is 4.79 Å². The van der Waals surface area contributed by atoms with Crippen molar-refractivity contribution in [2.24, 2.45) is 0 Å². The summed E-state index contributed by atoms with van der Waals surface area (Å²) in [5.41, 5.74) is -0.534. The third-order valence-electron chi connectivity index (χ3n) is 4.47. The Morgan fingerprint density at radius 3 is 2.15 bits per heavy atom. The Kier molecular flexibility index (Phi) is 9.61. The second-order valence-corrected chi connectivity index (χ2v) is 13.9. The predicted octanol–water partition coefficient (Wildman–Crippen LogP) is 4.66. The topological polar surface area (TPSA) is 64.6 Å². The van der Waals surface area contributed by atoms with E-state index in [1.165, 1.54) is 0 Å².